The lowest BCUT2D eigenvalue weighted by molar-refractivity contribution is 0.265. The summed E-state index contributed by atoms with van der Waals surface area (Å²) in [6.07, 6.45) is 4.36. The van der Waals surface area contributed by atoms with Crippen LogP contribution >= 0.6 is 0 Å². The minimum absolute atomic E-state index is 0.441. The van der Waals surface area contributed by atoms with Gasteiger partial charge in [-0.1, -0.05) is 0 Å². The highest BCUT2D eigenvalue weighted by Crippen LogP contribution is 2.22. The van der Waals surface area contributed by atoms with Gasteiger partial charge in [0.15, 0.2) is 0 Å². The lowest BCUT2D eigenvalue weighted by Gasteiger charge is -2.05. The number of aromatic nitrogens is 1. The van der Waals surface area contributed by atoms with Gasteiger partial charge in [-0.05, 0) is 44.9 Å². The zero-order valence-electron chi connectivity index (χ0n) is 12.0. The molecular formula is C16H20N2O2. The molecule has 0 radical (unpaired) electrons. The first-order chi connectivity index (χ1) is 9.72. The minimum atomic E-state index is 0.441. The van der Waals surface area contributed by atoms with E-state index in [4.69, 9.17) is 9.15 Å². The van der Waals surface area contributed by atoms with E-state index in [1.807, 2.05) is 26.0 Å². The Morgan fingerprint density at radius 3 is 3.00 bits per heavy atom. The SMILES string of the molecule is Cc1ncccc1OCc1cc(CNC2CC2)c(C)o1. The molecule has 0 atom stereocenters. The summed E-state index contributed by atoms with van der Waals surface area (Å²) in [6, 6.07) is 6.59. The maximum absolute atomic E-state index is 5.75. The fourth-order valence-corrected chi connectivity index (χ4v) is 2.15. The van der Waals surface area contributed by atoms with E-state index in [0.29, 0.717) is 12.6 Å². The molecule has 1 aliphatic rings. The molecule has 4 heteroatoms. The summed E-state index contributed by atoms with van der Waals surface area (Å²) in [5, 5.41) is 3.50. The molecule has 0 spiro atoms. The Morgan fingerprint density at radius 1 is 1.40 bits per heavy atom. The summed E-state index contributed by atoms with van der Waals surface area (Å²) in [5.74, 6) is 2.64. The second-order valence-corrected chi connectivity index (χ2v) is 5.32. The third-order valence-electron chi connectivity index (χ3n) is 3.56. The van der Waals surface area contributed by atoms with Crippen LogP contribution in [0.4, 0.5) is 0 Å². The van der Waals surface area contributed by atoms with Crippen molar-refractivity contribution in [2.45, 2.75) is 45.9 Å². The van der Waals surface area contributed by atoms with E-state index in [9.17, 15) is 0 Å². The number of nitrogens with one attached hydrogen (secondary N) is 1. The molecule has 0 amide bonds. The highest BCUT2D eigenvalue weighted by Gasteiger charge is 2.21. The smallest absolute Gasteiger partial charge is 0.146 e. The Hall–Kier alpha value is -1.81. The summed E-state index contributed by atoms with van der Waals surface area (Å²) in [7, 11) is 0. The van der Waals surface area contributed by atoms with E-state index in [1.54, 1.807) is 6.20 Å². The van der Waals surface area contributed by atoms with E-state index >= 15 is 0 Å². The Bertz CT molecular complexity index is 588. The highest BCUT2D eigenvalue weighted by atomic mass is 16.5. The van der Waals surface area contributed by atoms with Crippen molar-refractivity contribution < 1.29 is 9.15 Å². The molecule has 1 fully saturated rings. The molecule has 2 aromatic heterocycles. The lowest BCUT2D eigenvalue weighted by atomic mass is 10.2. The van der Waals surface area contributed by atoms with Crippen molar-refractivity contribution >= 4 is 0 Å². The fourth-order valence-electron chi connectivity index (χ4n) is 2.15. The molecule has 0 aliphatic heterocycles. The van der Waals surface area contributed by atoms with Crippen LogP contribution < -0.4 is 10.1 Å². The molecule has 1 N–H and O–H groups in total. The van der Waals surface area contributed by atoms with Crippen LogP contribution in [-0.2, 0) is 13.2 Å². The first-order valence-electron chi connectivity index (χ1n) is 7.08. The number of hydrogen-bond acceptors (Lipinski definition) is 4. The third-order valence-corrected chi connectivity index (χ3v) is 3.56. The number of nitrogens with zero attached hydrogens (tertiary/aromatic N) is 1. The first-order valence-corrected chi connectivity index (χ1v) is 7.08. The fraction of sp³-hybridized carbons (Fsp3) is 0.438. The highest BCUT2D eigenvalue weighted by molar-refractivity contribution is 5.26. The number of aryl methyl sites for hydroxylation is 2. The summed E-state index contributed by atoms with van der Waals surface area (Å²) < 4.78 is 11.5. The third kappa shape index (κ3) is 3.20. The Balaban J connectivity index is 1.59. The molecule has 1 aliphatic carbocycles. The predicted octanol–water partition coefficient (Wildman–Crippen LogP) is 3.12. The molecular weight excluding hydrogens is 252 g/mol. The average molecular weight is 272 g/mol. The molecule has 106 valence electrons. The molecule has 2 heterocycles. The Morgan fingerprint density at radius 2 is 2.25 bits per heavy atom. The lowest BCUT2D eigenvalue weighted by Crippen LogP contribution is -2.15. The number of ether oxygens (including phenoxy) is 1. The number of furan rings is 1. The summed E-state index contributed by atoms with van der Waals surface area (Å²) in [4.78, 5) is 4.20. The van der Waals surface area contributed by atoms with Crippen LogP contribution in [0.3, 0.4) is 0 Å². The van der Waals surface area contributed by atoms with Gasteiger partial charge in [-0.2, -0.15) is 0 Å². The molecule has 0 aromatic carbocycles. The zero-order valence-corrected chi connectivity index (χ0v) is 12.0. The van der Waals surface area contributed by atoms with Crippen molar-refractivity contribution in [3.8, 4) is 5.75 Å². The second kappa shape index (κ2) is 5.67. The number of rotatable bonds is 6. The van der Waals surface area contributed by atoms with E-state index in [-0.39, 0.29) is 0 Å². The molecule has 3 rings (SSSR count). The zero-order chi connectivity index (χ0) is 13.9. The molecule has 0 saturated heterocycles. The van der Waals surface area contributed by atoms with Crippen molar-refractivity contribution in [1.29, 1.82) is 0 Å². The van der Waals surface area contributed by atoms with E-state index in [2.05, 4.69) is 16.4 Å². The number of hydrogen-bond donors (Lipinski definition) is 1. The second-order valence-electron chi connectivity index (χ2n) is 5.32. The van der Waals surface area contributed by atoms with Crippen molar-refractivity contribution in [2.24, 2.45) is 0 Å². The minimum Gasteiger partial charge on any atom is -0.484 e. The molecule has 0 unspecified atom stereocenters. The predicted molar refractivity (Wildman–Crippen MR) is 76.6 cm³/mol. The van der Waals surface area contributed by atoms with Crippen LogP contribution in [0.25, 0.3) is 0 Å². The van der Waals surface area contributed by atoms with Gasteiger partial charge in [-0.25, -0.2) is 0 Å². The monoisotopic (exact) mass is 272 g/mol. The van der Waals surface area contributed by atoms with E-state index in [0.717, 1.165) is 29.5 Å². The summed E-state index contributed by atoms with van der Waals surface area (Å²) >= 11 is 0. The standard InChI is InChI=1S/C16H20N2O2/c1-11-16(4-3-7-17-11)19-10-15-8-13(12(2)20-15)9-18-14-5-6-14/h3-4,7-8,14,18H,5-6,9-10H2,1-2H3. The maximum atomic E-state index is 5.75. The quantitative estimate of drug-likeness (QED) is 0.877. The average Bonchev–Trinajstić information content (AvgIpc) is 3.20. The van der Waals surface area contributed by atoms with Crippen LogP contribution in [0, 0.1) is 13.8 Å². The molecule has 4 nitrogen and oxygen atoms in total. The Labute approximate surface area is 119 Å². The van der Waals surface area contributed by atoms with Gasteiger partial charge in [-0.3, -0.25) is 4.98 Å². The normalized spacial score (nSPS) is 14.5. The van der Waals surface area contributed by atoms with Gasteiger partial charge >= 0.3 is 0 Å². The van der Waals surface area contributed by atoms with E-state index < -0.39 is 0 Å². The van der Waals surface area contributed by atoms with Gasteiger partial charge < -0.3 is 14.5 Å². The van der Waals surface area contributed by atoms with Gasteiger partial charge in [0.05, 0.1) is 5.69 Å². The Kier molecular flexibility index (Phi) is 3.74. The van der Waals surface area contributed by atoms with Crippen LogP contribution in [0.15, 0.2) is 28.8 Å². The van der Waals surface area contributed by atoms with Gasteiger partial charge in [0.2, 0.25) is 0 Å². The molecule has 2 aromatic rings. The molecule has 1 saturated carbocycles. The summed E-state index contributed by atoms with van der Waals surface area (Å²) in [5.41, 5.74) is 2.12. The first kappa shape index (κ1) is 13.2. The molecule has 0 bridgehead atoms. The summed E-state index contributed by atoms with van der Waals surface area (Å²) in [6.45, 7) is 5.26. The molecule has 20 heavy (non-hydrogen) atoms. The van der Waals surface area contributed by atoms with Gasteiger partial charge in [0.1, 0.15) is 23.9 Å². The number of pyridine rings is 1. The van der Waals surface area contributed by atoms with Gasteiger partial charge in [0, 0.05) is 24.3 Å². The van der Waals surface area contributed by atoms with Crippen LogP contribution in [0.1, 0.15) is 35.6 Å². The van der Waals surface area contributed by atoms with Gasteiger partial charge in [0.25, 0.3) is 0 Å². The van der Waals surface area contributed by atoms with Gasteiger partial charge in [-0.15, -0.1) is 0 Å². The van der Waals surface area contributed by atoms with Crippen LogP contribution in [-0.4, -0.2) is 11.0 Å². The largest absolute Gasteiger partial charge is 0.484 e. The maximum Gasteiger partial charge on any atom is 0.146 e. The van der Waals surface area contributed by atoms with Crippen LogP contribution in [0.2, 0.25) is 0 Å². The van der Waals surface area contributed by atoms with Crippen molar-refractivity contribution in [2.75, 3.05) is 0 Å². The van der Waals surface area contributed by atoms with Crippen molar-refractivity contribution in [3.05, 3.63) is 47.2 Å². The van der Waals surface area contributed by atoms with Crippen LogP contribution in [0.5, 0.6) is 5.75 Å². The van der Waals surface area contributed by atoms with Crippen molar-refractivity contribution in [3.63, 3.8) is 0 Å². The van der Waals surface area contributed by atoms with E-state index in [1.165, 1.54) is 18.4 Å². The topological polar surface area (TPSA) is 47.3 Å². The van der Waals surface area contributed by atoms with Crippen molar-refractivity contribution in [1.82, 2.24) is 10.3 Å².